The van der Waals surface area contributed by atoms with Crippen LogP contribution in [0.3, 0.4) is 0 Å². The Morgan fingerprint density at radius 3 is 2.51 bits per heavy atom. The summed E-state index contributed by atoms with van der Waals surface area (Å²) in [5.74, 6) is 0.118. The number of aromatic nitrogens is 2. The number of nitrogens with zero attached hydrogens (tertiary/aromatic N) is 1. The topological polar surface area (TPSA) is 149 Å². The average Bonchev–Trinajstić information content (AvgIpc) is 3.68. The van der Waals surface area contributed by atoms with Gasteiger partial charge >= 0.3 is 11.9 Å². The standard InChI is InChI=1S/C34H34N2O9/c1-4-5-10-26-32(25-17-36-31(42-3)15-28(25)43-18-20-8-6-7-9-24(20)34(39)40)23(16-35-26)12-22(33(37)38)11-21-13-29-30(45-19-44-29)14-27(21)41-2/h6-9,12-17,35H,4-5,10-11,18-19H2,1-3H3,(H,37,38)(H,39,40)/b22-12+. The monoisotopic (exact) mass is 614 g/mol. The number of ether oxygens (including phenoxy) is 5. The molecule has 0 saturated heterocycles. The summed E-state index contributed by atoms with van der Waals surface area (Å²) in [7, 11) is 3.01. The number of aromatic carboxylic acids is 1. The molecule has 11 heteroatoms. The third-order valence-corrected chi connectivity index (χ3v) is 7.48. The van der Waals surface area contributed by atoms with Gasteiger partial charge in [0.05, 0.1) is 19.8 Å². The van der Waals surface area contributed by atoms with Gasteiger partial charge in [-0.2, -0.15) is 0 Å². The van der Waals surface area contributed by atoms with Crippen LogP contribution in [0.25, 0.3) is 17.2 Å². The van der Waals surface area contributed by atoms with E-state index in [1.807, 2.05) is 0 Å². The molecule has 234 valence electrons. The van der Waals surface area contributed by atoms with Crippen molar-refractivity contribution in [3.05, 3.63) is 88.4 Å². The van der Waals surface area contributed by atoms with Crippen LogP contribution in [0.15, 0.2) is 60.4 Å². The molecule has 3 N–H and O–H groups in total. The van der Waals surface area contributed by atoms with E-state index in [-0.39, 0.29) is 31.0 Å². The number of hydrogen-bond donors (Lipinski definition) is 3. The zero-order valence-electron chi connectivity index (χ0n) is 25.2. The number of unbranched alkanes of at least 4 members (excludes halogenated alkanes) is 1. The Labute approximate surface area is 260 Å². The molecule has 2 aromatic heterocycles. The number of aliphatic carboxylic acids is 1. The highest BCUT2D eigenvalue weighted by Crippen LogP contribution is 2.41. The molecule has 0 aliphatic carbocycles. The van der Waals surface area contributed by atoms with Gasteiger partial charge < -0.3 is 38.9 Å². The lowest BCUT2D eigenvalue weighted by Crippen LogP contribution is -2.07. The number of methoxy groups -OCH3 is 2. The Morgan fingerprint density at radius 2 is 1.80 bits per heavy atom. The van der Waals surface area contributed by atoms with Gasteiger partial charge in [-0.3, -0.25) is 0 Å². The maximum absolute atomic E-state index is 12.6. The van der Waals surface area contributed by atoms with E-state index in [4.69, 9.17) is 23.7 Å². The van der Waals surface area contributed by atoms with E-state index in [0.717, 1.165) is 24.1 Å². The number of pyridine rings is 1. The van der Waals surface area contributed by atoms with E-state index in [2.05, 4.69) is 16.9 Å². The van der Waals surface area contributed by atoms with Gasteiger partial charge in [-0.15, -0.1) is 0 Å². The van der Waals surface area contributed by atoms with Crippen molar-refractivity contribution in [1.29, 1.82) is 0 Å². The number of carboxylic acid groups (broad SMARTS) is 2. The third-order valence-electron chi connectivity index (χ3n) is 7.48. The molecule has 11 nitrogen and oxygen atoms in total. The van der Waals surface area contributed by atoms with Crippen LogP contribution < -0.4 is 23.7 Å². The predicted octanol–water partition coefficient (Wildman–Crippen LogP) is 6.15. The van der Waals surface area contributed by atoms with Crippen LogP contribution in [0.1, 0.15) is 52.5 Å². The zero-order chi connectivity index (χ0) is 31.9. The molecule has 5 rings (SSSR count). The minimum Gasteiger partial charge on any atom is -0.496 e. The molecule has 1 aliphatic heterocycles. The number of hydrogen-bond acceptors (Lipinski definition) is 8. The third kappa shape index (κ3) is 6.87. The molecule has 4 aromatic rings. The summed E-state index contributed by atoms with van der Waals surface area (Å²) in [6, 6.07) is 11.7. The van der Waals surface area contributed by atoms with Crippen molar-refractivity contribution < 1.29 is 43.5 Å². The first-order valence-electron chi connectivity index (χ1n) is 14.4. The molecule has 0 bridgehead atoms. The van der Waals surface area contributed by atoms with Gasteiger partial charge in [-0.25, -0.2) is 14.6 Å². The highest BCUT2D eigenvalue weighted by molar-refractivity contribution is 5.95. The van der Waals surface area contributed by atoms with Gasteiger partial charge in [-0.05, 0) is 31.1 Å². The molecule has 0 fully saturated rings. The molecule has 1 aliphatic rings. The maximum atomic E-state index is 12.6. The van der Waals surface area contributed by atoms with Gasteiger partial charge in [0.1, 0.15) is 18.1 Å². The van der Waals surface area contributed by atoms with Crippen molar-refractivity contribution >= 4 is 18.0 Å². The number of fused-ring (bicyclic) bond motifs is 1. The molecule has 0 amide bonds. The minimum atomic E-state index is -1.09. The summed E-state index contributed by atoms with van der Waals surface area (Å²) in [5.41, 5.74) is 4.23. The molecule has 0 saturated carbocycles. The molecule has 0 unspecified atom stereocenters. The number of H-pyrrole nitrogens is 1. The summed E-state index contributed by atoms with van der Waals surface area (Å²) in [4.78, 5) is 32.1. The quantitative estimate of drug-likeness (QED) is 0.141. The van der Waals surface area contributed by atoms with E-state index in [1.54, 1.807) is 54.9 Å². The smallest absolute Gasteiger partial charge is 0.336 e. The van der Waals surface area contributed by atoms with Gasteiger partial charge in [0.2, 0.25) is 12.7 Å². The molecular formula is C34H34N2O9. The Bertz CT molecular complexity index is 1740. The highest BCUT2D eigenvalue weighted by Gasteiger charge is 2.23. The summed E-state index contributed by atoms with van der Waals surface area (Å²) < 4.78 is 28.1. The van der Waals surface area contributed by atoms with Crippen LogP contribution in [0.2, 0.25) is 0 Å². The Hall–Kier alpha value is -5.45. The van der Waals surface area contributed by atoms with E-state index >= 15 is 0 Å². The van der Waals surface area contributed by atoms with Crippen LogP contribution in [-0.2, 0) is 24.2 Å². The van der Waals surface area contributed by atoms with E-state index < -0.39 is 11.9 Å². The first kappa shape index (κ1) is 31.0. The number of aryl methyl sites for hydroxylation is 1. The maximum Gasteiger partial charge on any atom is 0.336 e. The second kappa shape index (κ2) is 13.9. The van der Waals surface area contributed by atoms with Crippen molar-refractivity contribution in [2.24, 2.45) is 0 Å². The minimum absolute atomic E-state index is 0.0210. The fraction of sp³-hybridized carbons (Fsp3) is 0.265. The van der Waals surface area contributed by atoms with Crippen molar-refractivity contribution in [1.82, 2.24) is 9.97 Å². The lowest BCUT2D eigenvalue weighted by molar-refractivity contribution is -0.132. The number of benzene rings is 2. The first-order valence-corrected chi connectivity index (χ1v) is 14.4. The van der Waals surface area contributed by atoms with Crippen molar-refractivity contribution in [3.63, 3.8) is 0 Å². The second-order valence-electron chi connectivity index (χ2n) is 10.3. The fourth-order valence-electron chi connectivity index (χ4n) is 5.19. The lowest BCUT2D eigenvalue weighted by Gasteiger charge is -2.15. The van der Waals surface area contributed by atoms with Crippen LogP contribution in [0.4, 0.5) is 0 Å². The SMILES string of the molecule is CCCCc1[nH]cc(/C=C(\Cc2cc3c(cc2OC)OCO3)C(=O)O)c1-c1cnc(OC)cc1OCc1ccccc1C(=O)O. The van der Waals surface area contributed by atoms with Crippen LogP contribution in [0.5, 0.6) is 28.9 Å². The van der Waals surface area contributed by atoms with Crippen LogP contribution in [0, 0.1) is 0 Å². The van der Waals surface area contributed by atoms with Crippen molar-refractivity contribution in [3.8, 4) is 40.0 Å². The van der Waals surface area contributed by atoms with Gasteiger partial charge in [0.25, 0.3) is 0 Å². The van der Waals surface area contributed by atoms with E-state index in [9.17, 15) is 19.8 Å². The molecule has 0 atom stereocenters. The van der Waals surface area contributed by atoms with Crippen molar-refractivity contribution in [2.75, 3.05) is 21.0 Å². The highest BCUT2D eigenvalue weighted by atomic mass is 16.7. The number of carboxylic acids is 2. The number of carbonyl (C=O) groups is 2. The van der Waals surface area contributed by atoms with Gasteiger partial charge in [-0.1, -0.05) is 31.5 Å². The summed E-state index contributed by atoms with van der Waals surface area (Å²) in [5, 5.41) is 19.9. The van der Waals surface area contributed by atoms with E-state index in [0.29, 0.717) is 57.6 Å². The van der Waals surface area contributed by atoms with E-state index in [1.165, 1.54) is 20.3 Å². The van der Waals surface area contributed by atoms with Crippen LogP contribution >= 0.6 is 0 Å². The van der Waals surface area contributed by atoms with Gasteiger partial charge in [0.15, 0.2) is 11.5 Å². The Morgan fingerprint density at radius 1 is 1.02 bits per heavy atom. The number of aromatic amines is 1. The second-order valence-corrected chi connectivity index (χ2v) is 10.3. The fourth-order valence-corrected chi connectivity index (χ4v) is 5.19. The molecular weight excluding hydrogens is 580 g/mol. The number of nitrogens with one attached hydrogen (secondary N) is 1. The zero-order valence-corrected chi connectivity index (χ0v) is 25.2. The summed E-state index contributed by atoms with van der Waals surface area (Å²) in [6.07, 6.45) is 7.61. The largest absolute Gasteiger partial charge is 0.496 e. The van der Waals surface area contributed by atoms with Crippen LogP contribution in [-0.4, -0.2) is 53.1 Å². The normalized spacial score (nSPS) is 12.2. The predicted molar refractivity (Wildman–Crippen MR) is 165 cm³/mol. The van der Waals surface area contributed by atoms with Gasteiger partial charge in [0, 0.05) is 70.0 Å². The first-order chi connectivity index (χ1) is 21.8. The summed E-state index contributed by atoms with van der Waals surface area (Å²) in [6.45, 7) is 2.15. The van der Waals surface area contributed by atoms with Crippen molar-refractivity contribution in [2.45, 2.75) is 39.2 Å². The summed E-state index contributed by atoms with van der Waals surface area (Å²) >= 11 is 0. The molecule has 45 heavy (non-hydrogen) atoms. The lowest BCUT2D eigenvalue weighted by atomic mass is 9.96. The molecule has 0 spiro atoms. The molecule has 2 aromatic carbocycles. The Kier molecular flexibility index (Phi) is 9.57. The molecule has 0 radical (unpaired) electrons. The molecule has 3 heterocycles. The Balaban J connectivity index is 1.58. The number of rotatable bonds is 14. The average molecular weight is 615 g/mol.